The molecule has 0 radical (unpaired) electrons. The molecule has 2 rings (SSSR count). The number of nitrogens with one attached hydrogen (secondary N) is 1. The zero-order valence-electron chi connectivity index (χ0n) is 9.86. The predicted octanol–water partition coefficient (Wildman–Crippen LogP) is 2.41. The van der Waals surface area contributed by atoms with E-state index in [4.69, 9.17) is 0 Å². The number of carbonyl (C=O) groups excluding carboxylic acids is 1. The molecule has 0 spiro atoms. The highest BCUT2D eigenvalue weighted by molar-refractivity contribution is 5.93. The van der Waals surface area contributed by atoms with Crippen molar-refractivity contribution in [2.24, 2.45) is 16.8 Å². The fourth-order valence-corrected chi connectivity index (χ4v) is 2.37. The van der Waals surface area contributed by atoms with Gasteiger partial charge in [-0.3, -0.25) is 4.79 Å². The van der Waals surface area contributed by atoms with Crippen LogP contribution in [0.2, 0.25) is 0 Å². The molecule has 3 nitrogen and oxygen atoms in total. The Balaban J connectivity index is 2.28. The van der Waals surface area contributed by atoms with Gasteiger partial charge in [-0.15, -0.1) is 0 Å². The van der Waals surface area contributed by atoms with Crippen LogP contribution in [0.15, 0.2) is 29.0 Å². The summed E-state index contributed by atoms with van der Waals surface area (Å²) in [5.41, 5.74) is 1.10. The van der Waals surface area contributed by atoms with Crippen LogP contribution in [-0.4, -0.2) is 11.6 Å². The summed E-state index contributed by atoms with van der Waals surface area (Å²) in [4.78, 5) is 16.3. The van der Waals surface area contributed by atoms with Crippen molar-refractivity contribution in [3.63, 3.8) is 0 Å². The fraction of sp³-hybridized carbons (Fsp3) is 0.538. The van der Waals surface area contributed by atoms with Crippen molar-refractivity contribution in [3.05, 3.63) is 24.0 Å². The summed E-state index contributed by atoms with van der Waals surface area (Å²) in [7, 11) is 0. The minimum absolute atomic E-state index is 0.0960. The van der Waals surface area contributed by atoms with Gasteiger partial charge in [-0.2, -0.15) is 0 Å². The van der Waals surface area contributed by atoms with Gasteiger partial charge in [0, 0.05) is 30.2 Å². The second kappa shape index (κ2) is 4.64. The van der Waals surface area contributed by atoms with E-state index < -0.39 is 0 Å². The Hall–Kier alpha value is -1.38. The summed E-state index contributed by atoms with van der Waals surface area (Å²) in [6.07, 6.45) is 8.36. The van der Waals surface area contributed by atoms with E-state index in [0.29, 0.717) is 12.2 Å². The smallest absolute Gasteiger partial charge is 0.136 e. The number of amidine groups is 1. The number of hydrogen-bond donors (Lipinski definition) is 1. The molecular weight excluding hydrogens is 200 g/mol. The van der Waals surface area contributed by atoms with Crippen molar-refractivity contribution in [2.45, 2.75) is 33.1 Å². The molecule has 86 valence electrons. The van der Waals surface area contributed by atoms with Gasteiger partial charge in [0.1, 0.15) is 11.6 Å². The third-order valence-electron chi connectivity index (χ3n) is 3.31. The van der Waals surface area contributed by atoms with Crippen molar-refractivity contribution < 1.29 is 4.79 Å². The molecule has 16 heavy (non-hydrogen) atoms. The Bertz CT molecular complexity index is 379. The van der Waals surface area contributed by atoms with Crippen LogP contribution in [0.25, 0.3) is 0 Å². The molecular formula is C13H18N2O. The number of ketones is 1. The van der Waals surface area contributed by atoms with E-state index in [1.807, 2.05) is 26.1 Å². The molecule has 2 aliphatic rings. The number of rotatable bonds is 2. The summed E-state index contributed by atoms with van der Waals surface area (Å²) in [6, 6.07) is 0. The highest BCUT2D eigenvalue weighted by atomic mass is 16.1. The molecule has 1 N–H and O–H groups in total. The Morgan fingerprint density at radius 1 is 1.56 bits per heavy atom. The lowest BCUT2D eigenvalue weighted by atomic mass is 9.82. The number of Topliss-reactive ketones (excluding diaryl/α,β-unsaturated/α-hetero) is 1. The molecule has 0 saturated heterocycles. The van der Waals surface area contributed by atoms with Gasteiger partial charge in [-0.25, -0.2) is 4.99 Å². The van der Waals surface area contributed by atoms with Crippen LogP contribution in [0.3, 0.4) is 0 Å². The maximum Gasteiger partial charge on any atom is 0.136 e. The van der Waals surface area contributed by atoms with Crippen molar-refractivity contribution in [2.75, 3.05) is 0 Å². The lowest BCUT2D eigenvalue weighted by Crippen LogP contribution is -2.35. The lowest BCUT2D eigenvalue weighted by molar-refractivity contribution is -0.123. The lowest BCUT2D eigenvalue weighted by Gasteiger charge is -2.25. The Kier molecular flexibility index (Phi) is 3.22. The molecule has 0 amide bonds. The average Bonchev–Trinajstić information content (AvgIpc) is 2.46. The van der Waals surface area contributed by atoms with E-state index in [2.05, 4.69) is 16.4 Å². The maximum atomic E-state index is 11.9. The van der Waals surface area contributed by atoms with Gasteiger partial charge in [0.2, 0.25) is 0 Å². The van der Waals surface area contributed by atoms with Crippen LogP contribution >= 0.6 is 0 Å². The first-order valence-corrected chi connectivity index (χ1v) is 5.91. The second-order valence-electron chi connectivity index (χ2n) is 4.42. The summed E-state index contributed by atoms with van der Waals surface area (Å²) < 4.78 is 0. The van der Waals surface area contributed by atoms with Crippen molar-refractivity contribution >= 4 is 11.6 Å². The SMILES string of the molecule is CCC(=O)C1CC=C(C)NC2=NC=CCC21. The molecule has 2 atom stereocenters. The van der Waals surface area contributed by atoms with Gasteiger partial charge in [0.05, 0.1) is 0 Å². The van der Waals surface area contributed by atoms with Crippen LogP contribution < -0.4 is 5.32 Å². The summed E-state index contributed by atoms with van der Waals surface area (Å²) in [6.45, 7) is 3.96. The molecule has 0 aliphatic carbocycles. The second-order valence-corrected chi connectivity index (χ2v) is 4.42. The highest BCUT2D eigenvalue weighted by Crippen LogP contribution is 2.28. The van der Waals surface area contributed by atoms with Crippen molar-refractivity contribution in [1.82, 2.24) is 5.32 Å². The predicted molar refractivity (Wildman–Crippen MR) is 65.0 cm³/mol. The summed E-state index contributed by atoms with van der Waals surface area (Å²) >= 11 is 0. The molecule has 2 aliphatic heterocycles. The number of allylic oxidation sites excluding steroid dienone is 3. The summed E-state index contributed by atoms with van der Waals surface area (Å²) in [5, 5.41) is 3.30. The van der Waals surface area contributed by atoms with E-state index in [9.17, 15) is 4.79 Å². The first-order chi connectivity index (χ1) is 7.72. The third-order valence-corrected chi connectivity index (χ3v) is 3.31. The summed E-state index contributed by atoms with van der Waals surface area (Å²) in [5.74, 6) is 1.64. The molecule has 0 saturated carbocycles. The minimum atomic E-state index is 0.0960. The standard InChI is InChI=1S/C13H18N2O/c1-3-12(16)10-7-6-9(2)15-13-11(10)5-4-8-14-13/h4,6,8,10-11H,3,5,7H2,1-2H3,(H,14,15). The van der Waals surface area contributed by atoms with E-state index in [-0.39, 0.29) is 11.8 Å². The fourth-order valence-electron chi connectivity index (χ4n) is 2.37. The Morgan fingerprint density at radius 2 is 2.38 bits per heavy atom. The Morgan fingerprint density at radius 3 is 3.12 bits per heavy atom. The normalized spacial score (nSPS) is 28.4. The quantitative estimate of drug-likeness (QED) is 0.773. The number of carbonyl (C=O) groups is 1. The molecule has 0 aromatic rings. The largest absolute Gasteiger partial charge is 0.348 e. The van der Waals surface area contributed by atoms with Gasteiger partial charge in [-0.05, 0) is 19.8 Å². The van der Waals surface area contributed by atoms with Crippen LogP contribution in [-0.2, 0) is 4.79 Å². The van der Waals surface area contributed by atoms with E-state index in [0.717, 1.165) is 24.4 Å². The minimum Gasteiger partial charge on any atom is -0.348 e. The molecule has 2 unspecified atom stereocenters. The number of fused-ring (bicyclic) bond motifs is 1. The van der Waals surface area contributed by atoms with Crippen LogP contribution in [0.5, 0.6) is 0 Å². The van der Waals surface area contributed by atoms with Gasteiger partial charge < -0.3 is 5.32 Å². The molecule has 0 aromatic carbocycles. The molecule has 0 fully saturated rings. The molecule has 0 bridgehead atoms. The monoisotopic (exact) mass is 218 g/mol. The number of hydrogen-bond acceptors (Lipinski definition) is 3. The van der Waals surface area contributed by atoms with Crippen molar-refractivity contribution in [1.29, 1.82) is 0 Å². The van der Waals surface area contributed by atoms with Gasteiger partial charge in [0.25, 0.3) is 0 Å². The maximum absolute atomic E-state index is 11.9. The van der Waals surface area contributed by atoms with Crippen molar-refractivity contribution in [3.8, 4) is 0 Å². The van der Waals surface area contributed by atoms with Crippen LogP contribution in [0.4, 0.5) is 0 Å². The number of aliphatic imine (C=N–C) groups is 1. The van der Waals surface area contributed by atoms with Crippen LogP contribution in [0, 0.1) is 11.8 Å². The third kappa shape index (κ3) is 2.08. The van der Waals surface area contributed by atoms with Gasteiger partial charge in [-0.1, -0.05) is 19.1 Å². The molecule has 0 aromatic heterocycles. The van der Waals surface area contributed by atoms with E-state index in [1.54, 1.807) is 0 Å². The van der Waals surface area contributed by atoms with Crippen LogP contribution in [0.1, 0.15) is 33.1 Å². The molecule has 3 heteroatoms. The molecule has 2 heterocycles. The topological polar surface area (TPSA) is 41.5 Å². The zero-order chi connectivity index (χ0) is 11.5. The average molecular weight is 218 g/mol. The first kappa shape index (κ1) is 11.1. The number of nitrogens with zero attached hydrogens (tertiary/aromatic N) is 1. The Labute approximate surface area is 96.3 Å². The van der Waals surface area contributed by atoms with Gasteiger partial charge >= 0.3 is 0 Å². The first-order valence-electron chi connectivity index (χ1n) is 5.91. The van der Waals surface area contributed by atoms with E-state index >= 15 is 0 Å². The zero-order valence-corrected chi connectivity index (χ0v) is 9.86. The van der Waals surface area contributed by atoms with Gasteiger partial charge in [0.15, 0.2) is 0 Å². The van der Waals surface area contributed by atoms with E-state index in [1.165, 1.54) is 0 Å². The highest BCUT2D eigenvalue weighted by Gasteiger charge is 2.32.